The molecule has 1 aromatic rings. The molecule has 4 heteroatoms. The van der Waals surface area contributed by atoms with Gasteiger partial charge in [0.05, 0.1) is 18.1 Å². The van der Waals surface area contributed by atoms with E-state index in [1.807, 2.05) is 6.20 Å². The summed E-state index contributed by atoms with van der Waals surface area (Å²) in [7, 11) is 0. The molecule has 0 saturated heterocycles. The van der Waals surface area contributed by atoms with E-state index in [4.69, 9.17) is 0 Å². The van der Waals surface area contributed by atoms with Crippen LogP contribution in [-0.2, 0) is 6.54 Å². The molecule has 0 aliphatic heterocycles. The van der Waals surface area contributed by atoms with Gasteiger partial charge < -0.3 is 10.6 Å². The molecule has 0 bridgehead atoms. The predicted octanol–water partition coefficient (Wildman–Crippen LogP) is 1.80. The van der Waals surface area contributed by atoms with Gasteiger partial charge in [-0.25, -0.2) is 4.98 Å². The van der Waals surface area contributed by atoms with Crippen LogP contribution in [0.25, 0.3) is 0 Å². The van der Waals surface area contributed by atoms with Crippen LogP contribution in [-0.4, -0.2) is 22.6 Å². The third-order valence-electron chi connectivity index (χ3n) is 1.87. The molecule has 1 heterocycles. The first kappa shape index (κ1) is 11.9. The van der Waals surface area contributed by atoms with Gasteiger partial charge in [-0.3, -0.25) is 4.98 Å². The number of hydrogen-bond acceptors (Lipinski definition) is 4. The van der Waals surface area contributed by atoms with Gasteiger partial charge in [0.2, 0.25) is 0 Å². The second-order valence-electron chi connectivity index (χ2n) is 3.87. The standard InChI is InChI=1S/C11H20N4/c1-4-5-12-6-10-7-14-11(8-13-10)15-9(2)3/h7-9,12H,4-6H2,1-3H3,(H,14,15). The average Bonchev–Trinajstić information content (AvgIpc) is 2.20. The van der Waals surface area contributed by atoms with Gasteiger partial charge >= 0.3 is 0 Å². The fraction of sp³-hybridized carbons (Fsp3) is 0.636. The second kappa shape index (κ2) is 6.35. The summed E-state index contributed by atoms with van der Waals surface area (Å²) in [5, 5.41) is 6.49. The molecule has 4 nitrogen and oxygen atoms in total. The molecular formula is C11H20N4. The highest BCUT2D eigenvalue weighted by Crippen LogP contribution is 2.02. The Labute approximate surface area is 91.5 Å². The Morgan fingerprint density at radius 1 is 1.27 bits per heavy atom. The van der Waals surface area contributed by atoms with E-state index in [0.29, 0.717) is 6.04 Å². The molecule has 1 aromatic heterocycles. The SMILES string of the molecule is CCCNCc1cnc(NC(C)C)cn1. The molecule has 0 saturated carbocycles. The summed E-state index contributed by atoms with van der Waals surface area (Å²) in [6, 6.07) is 0.392. The van der Waals surface area contributed by atoms with Crippen molar-refractivity contribution < 1.29 is 0 Å². The third-order valence-corrected chi connectivity index (χ3v) is 1.87. The van der Waals surface area contributed by atoms with E-state index in [0.717, 1.165) is 31.0 Å². The summed E-state index contributed by atoms with van der Waals surface area (Å²) >= 11 is 0. The van der Waals surface area contributed by atoms with Crippen molar-refractivity contribution in [3.8, 4) is 0 Å². The van der Waals surface area contributed by atoms with Crippen LogP contribution in [0.15, 0.2) is 12.4 Å². The summed E-state index contributed by atoms with van der Waals surface area (Å²) in [5.41, 5.74) is 0.984. The van der Waals surface area contributed by atoms with Crippen molar-refractivity contribution in [2.75, 3.05) is 11.9 Å². The number of rotatable bonds is 6. The highest BCUT2D eigenvalue weighted by Gasteiger charge is 1.98. The van der Waals surface area contributed by atoms with E-state index in [1.54, 1.807) is 6.20 Å². The van der Waals surface area contributed by atoms with Crippen LogP contribution in [0.3, 0.4) is 0 Å². The molecule has 84 valence electrons. The van der Waals surface area contributed by atoms with Crippen LogP contribution in [0.4, 0.5) is 5.82 Å². The Morgan fingerprint density at radius 2 is 2.07 bits per heavy atom. The maximum atomic E-state index is 4.32. The van der Waals surface area contributed by atoms with Crippen molar-refractivity contribution in [3.05, 3.63) is 18.1 Å². The molecule has 0 unspecified atom stereocenters. The normalized spacial score (nSPS) is 10.7. The molecule has 15 heavy (non-hydrogen) atoms. The predicted molar refractivity (Wildman–Crippen MR) is 62.8 cm³/mol. The Balaban J connectivity index is 2.42. The molecular weight excluding hydrogens is 188 g/mol. The van der Waals surface area contributed by atoms with Crippen molar-refractivity contribution in [1.82, 2.24) is 15.3 Å². The topological polar surface area (TPSA) is 49.8 Å². The van der Waals surface area contributed by atoms with Crippen molar-refractivity contribution in [1.29, 1.82) is 0 Å². The van der Waals surface area contributed by atoms with E-state index in [1.165, 1.54) is 0 Å². The van der Waals surface area contributed by atoms with Crippen molar-refractivity contribution in [3.63, 3.8) is 0 Å². The maximum absolute atomic E-state index is 4.32. The molecule has 0 atom stereocenters. The second-order valence-corrected chi connectivity index (χ2v) is 3.87. The number of anilines is 1. The van der Waals surface area contributed by atoms with Crippen LogP contribution < -0.4 is 10.6 Å². The largest absolute Gasteiger partial charge is 0.367 e. The van der Waals surface area contributed by atoms with Crippen LogP contribution in [0.2, 0.25) is 0 Å². The zero-order chi connectivity index (χ0) is 11.1. The van der Waals surface area contributed by atoms with E-state index < -0.39 is 0 Å². The Kier molecular flexibility index (Phi) is 5.04. The van der Waals surface area contributed by atoms with Crippen LogP contribution >= 0.6 is 0 Å². The monoisotopic (exact) mass is 208 g/mol. The van der Waals surface area contributed by atoms with Gasteiger partial charge in [0.1, 0.15) is 5.82 Å². The van der Waals surface area contributed by atoms with Crippen LogP contribution in [0.1, 0.15) is 32.9 Å². The summed E-state index contributed by atoms with van der Waals surface area (Å²) in [6.45, 7) is 8.13. The third kappa shape index (κ3) is 4.74. The van der Waals surface area contributed by atoms with Crippen LogP contribution in [0.5, 0.6) is 0 Å². The minimum Gasteiger partial charge on any atom is -0.367 e. The van der Waals surface area contributed by atoms with Gasteiger partial charge in [-0.2, -0.15) is 0 Å². The molecule has 0 radical (unpaired) electrons. The molecule has 0 fully saturated rings. The minimum atomic E-state index is 0.392. The van der Waals surface area contributed by atoms with Gasteiger partial charge in [0.25, 0.3) is 0 Å². The lowest BCUT2D eigenvalue weighted by atomic mass is 10.4. The first-order valence-electron chi connectivity index (χ1n) is 5.50. The zero-order valence-electron chi connectivity index (χ0n) is 9.75. The van der Waals surface area contributed by atoms with Gasteiger partial charge in [-0.05, 0) is 26.8 Å². The van der Waals surface area contributed by atoms with Gasteiger partial charge in [-0.15, -0.1) is 0 Å². The lowest BCUT2D eigenvalue weighted by molar-refractivity contribution is 0.662. The number of nitrogens with zero attached hydrogens (tertiary/aromatic N) is 2. The lowest BCUT2D eigenvalue weighted by Crippen LogP contribution is -2.16. The molecule has 1 rings (SSSR count). The fourth-order valence-electron chi connectivity index (χ4n) is 1.21. The van der Waals surface area contributed by atoms with E-state index in [-0.39, 0.29) is 0 Å². The fourth-order valence-corrected chi connectivity index (χ4v) is 1.21. The zero-order valence-corrected chi connectivity index (χ0v) is 9.75. The first-order chi connectivity index (χ1) is 7.22. The number of aromatic nitrogens is 2. The molecule has 0 aliphatic rings. The van der Waals surface area contributed by atoms with E-state index in [2.05, 4.69) is 41.4 Å². The maximum Gasteiger partial charge on any atom is 0.144 e. The lowest BCUT2D eigenvalue weighted by Gasteiger charge is -2.08. The number of nitrogens with one attached hydrogen (secondary N) is 2. The Morgan fingerprint density at radius 3 is 2.60 bits per heavy atom. The van der Waals surface area contributed by atoms with Crippen molar-refractivity contribution in [2.24, 2.45) is 0 Å². The summed E-state index contributed by atoms with van der Waals surface area (Å²) in [4.78, 5) is 8.60. The van der Waals surface area contributed by atoms with E-state index >= 15 is 0 Å². The summed E-state index contributed by atoms with van der Waals surface area (Å²) in [6.07, 6.45) is 4.73. The first-order valence-corrected chi connectivity index (χ1v) is 5.50. The molecule has 0 aliphatic carbocycles. The smallest absolute Gasteiger partial charge is 0.144 e. The van der Waals surface area contributed by atoms with Gasteiger partial charge in [0, 0.05) is 12.6 Å². The van der Waals surface area contributed by atoms with E-state index in [9.17, 15) is 0 Å². The summed E-state index contributed by atoms with van der Waals surface area (Å²) < 4.78 is 0. The van der Waals surface area contributed by atoms with Gasteiger partial charge in [0.15, 0.2) is 0 Å². The Bertz CT molecular complexity index is 268. The average molecular weight is 208 g/mol. The number of hydrogen-bond donors (Lipinski definition) is 2. The van der Waals surface area contributed by atoms with Crippen molar-refractivity contribution >= 4 is 5.82 Å². The molecule has 0 spiro atoms. The minimum absolute atomic E-state index is 0.392. The van der Waals surface area contributed by atoms with Crippen LogP contribution in [0, 0.1) is 0 Å². The highest BCUT2D eigenvalue weighted by atomic mass is 15.0. The van der Waals surface area contributed by atoms with Gasteiger partial charge in [-0.1, -0.05) is 6.92 Å². The van der Waals surface area contributed by atoms with Crippen molar-refractivity contribution in [2.45, 2.75) is 39.8 Å². The quantitative estimate of drug-likeness (QED) is 0.700. The Hall–Kier alpha value is -1.16. The summed E-state index contributed by atoms with van der Waals surface area (Å²) in [5.74, 6) is 0.837. The molecule has 0 aromatic carbocycles. The highest BCUT2D eigenvalue weighted by molar-refractivity contribution is 5.31. The molecule has 2 N–H and O–H groups in total. The molecule has 0 amide bonds.